The number of benzene rings is 3. The predicted molar refractivity (Wildman–Crippen MR) is 120 cm³/mol. The van der Waals surface area contributed by atoms with Crippen molar-refractivity contribution in [3.63, 3.8) is 0 Å². The first-order valence-corrected chi connectivity index (χ1v) is 11.1. The third-order valence-corrected chi connectivity index (χ3v) is 6.66. The molecule has 1 aliphatic carbocycles. The van der Waals surface area contributed by atoms with Crippen molar-refractivity contribution in [3.8, 4) is 0 Å². The normalized spacial score (nSPS) is 16.0. The molecule has 4 heteroatoms. The minimum atomic E-state index is -0.247. The van der Waals surface area contributed by atoms with Crippen molar-refractivity contribution in [2.75, 3.05) is 13.1 Å². The summed E-state index contributed by atoms with van der Waals surface area (Å²) >= 11 is 0. The summed E-state index contributed by atoms with van der Waals surface area (Å²) in [7, 11) is 0. The van der Waals surface area contributed by atoms with E-state index in [0.717, 1.165) is 32.4 Å². The summed E-state index contributed by atoms with van der Waals surface area (Å²) in [6, 6.07) is 23.7. The van der Waals surface area contributed by atoms with Crippen LogP contribution in [0.25, 0.3) is 0 Å². The maximum Gasteiger partial charge on any atom is 0.237 e. The van der Waals surface area contributed by atoms with Gasteiger partial charge in [0.1, 0.15) is 5.82 Å². The van der Waals surface area contributed by atoms with Crippen LogP contribution in [0.1, 0.15) is 27.8 Å². The van der Waals surface area contributed by atoms with Crippen LogP contribution in [0.15, 0.2) is 72.8 Å². The molecule has 5 rings (SSSR count). The average Bonchev–Trinajstić information content (AvgIpc) is 3.22. The van der Waals surface area contributed by atoms with Crippen molar-refractivity contribution in [1.29, 1.82) is 0 Å². The Hall–Kier alpha value is -2.98. The second kappa shape index (κ2) is 8.64. The Labute approximate surface area is 183 Å². The monoisotopic (exact) mass is 414 g/mol. The van der Waals surface area contributed by atoms with Gasteiger partial charge >= 0.3 is 0 Å². The summed E-state index contributed by atoms with van der Waals surface area (Å²) in [5.41, 5.74) is 5.85. The fourth-order valence-corrected chi connectivity index (χ4v) is 4.96. The summed E-state index contributed by atoms with van der Waals surface area (Å²) in [5.74, 6) is -0.164. The van der Waals surface area contributed by atoms with Gasteiger partial charge in [-0.25, -0.2) is 4.39 Å². The highest BCUT2D eigenvalue weighted by atomic mass is 19.1. The van der Waals surface area contributed by atoms with Crippen molar-refractivity contribution in [3.05, 3.63) is 106 Å². The van der Waals surface area contributed by atoms with E-state index in [1.807, 2.05) is 11.0 Å². The lowest BCUT2D eigenvalue weighted by Crippen LogP contribution is -2.46. The number of rotatable bonds is 5. The van der Waals surface area contributed by atoms with Crippen molar-refractivity contribution in [2.45, 2.75) is 38.4 Å². The Balaban J connectivity index is 1.35. The van der Waals surface area contributed by atoms with Gasteiger partial charge in [-0.3, -0.25) is 9.69 Å². The lowest BCUT2D eigenvalue weighted by Gasteiger charge is -2.34. The molecule has 0 spiro atoms. The Bertz CT molecular complexity index is 1070. The molecule has 0 fully saturated rings. The highest BCUT2D eigenvalue weighted by Gasteiger charge is 2.31. The van der Waals surface area contributed by atoms with E-state index in [4.69, 9.17) is 0 Å². The van der Waals surface area contributed by atoms with Gasteiger partial charge in [0, 0.05) is 31.2 Å². The number of halogens is 1. The van der Waals surface area contributed by atoms with E-state index >= 15 is 0 Å². The highest BCUT2D eigenvalue weighted by molar-refractivity contribution is 5.79. The maximum atomic E-state index is 14.4. The van der Waals surface area contributed by atoms with Crippen LogP contribution >= 0.6 is 0 Å². The van der Waals surface area contributed by atoms with E-state index in [2.05, 4.69) is 53.4 Å². The SMILES string of the molecule is O=C(CN1CCc2ccccc2C1)N(Cc1ccccc1F)C1Cc2ccccc2C1. The van der Waals surface area contributed by atoms with Gasteiger partial charge in [-0.2, -0.15) is 0 Å². The molecule has 158 valence electrons. The Kier molecular flexibility index (Phi) is 5.56. The van der Waals surface area contributed by atoms with Gasteiger partial charge in [0.2, 0.25) is 5.91 Å². The number of amides is 1. The lowest BCUT2D eigenvalue weighted by molar-refractivity contribution is -0.135. The molecule has 0 saturated carbocycles. The number of fused-ring (bicyclic) bond motifs is 2. The molecule has 1 amide bonds. The van der Waals surface area contributed by atoms with E-state index < -0.39 is 0 Å². The first-order valence-electron chi connectivity index (χ1n) is 11.1. The first-order chi connectivity index (χ1) is 15.2. The third kappa shape index (κ3) is 4.26. The number of hydrogen-bond donors (Lipinski definition) is 0. The van der Waals surface area contributed by atoms with E-state index in [1.165, 1.54) is 28.3 Å². The second-order valence-corrected chi connectivity index (χ2v) is 8.67. The van der Waals surface area contributed by atoms with Crippen LogP contribution in [0.4, 0.5) is 4.39 Å². The van der Waals surface area contributed by atoms with Gasteiger partial charge in [0.25, 0.3) is 0 Å². The van der Waals surface area contributed by atoms with Crippen molar-refractivity contribution in [2.24, 2.45) is 0 Å². The van der Waals surface area contributed by atoms with Gasteiger partial charge in [-0.1, -0.05) is 66.7 Å². The number of carbonyl (C=O) groups is 1. The van der Waals surface area contributed by atoms with Crippen LogP contribution in [0.3, 0.4) is 0 Å². The van der Waals surface area contributed by atoms with Crippen LogP contribution in [0.5, 0.6) is 0 Å². The molecule has 1 aliphatic heterocycles. The second-order valence-electron chi connectivity index (χ2n) is 8.67. The summed E-state index contributed by atoms with van der Waals surface area (Å²) in [4.78, 5) is 17.7. The van der Waals surface area contributed by atoms with Gasteiger partial charge < -0.3 is 4.90 Å². The Morgan fingerprint density at radius 3 is 2.19 bits per heavy atom. The molecule has 0 N–H and O–H groups in total. The van der Waals surface area contributed by atoms with Crippen LogP contribution in [0.2, 0.25) is 0 Å². The molecule has 0 unspecified atom stereocenters. The summed E-state index contributed by atoms with van der Waals surface area (Å²) < 4.78 is 14.4. The molecule has 3 nitrogen and oxygen atoms in total. The van der Waals surface area contributed by atoms with E-state index in [9.17, 15) is 9.18 Å². The third-order valence-electron chi connectivity index (χ3n) is 6.66. The number of hydrogen-bond acceptors (Lipinski definition) is 2. The predicted octanol–water partition coefficient (Wildman–Crippen LogP) is 4.38. The van der Waals surface area contributed by atoms with Gasteiger partial charge in [-0.05, 0) is 47.6 Å². The summed E-state index contributed by atoms with van der Waals surface area (Å²) in [6.45, 7) is 2.35. The van der Waals surface area contributed by atoms with Crippen LogP contribution in [0, 0.1) is 5.82 Å². The number of nitrogens with zero attached hydrogens (tertiary/aromatic N) is 2. The van der Waals surface area contributed by atoms with Crippen molar-refractivity contribution in [1.82, 2.24) is 9.80 Å². The highest BCUT2D eigenvalue weighted by Crippen LogP contribution is 2.28. The maximum absolute atomic E-state index is 14.4. The number of carbonyl (C=O) groups excluding carboxylic acids is 1. The van der Waals surface area contributed by atoms with Crippen molar-refractivity contribution < 1.29 is 9.18 Å². The minimum Gasteiger partial charge on any atom is -0.333 e. The zero-order chi connectivity index (χ0) is 21.2. The molecule has 0 bridgehead atoms. The Morgan fingerprint density at radius 2 is 1.48 bits per heavy atom. The smallest absolute Gasteiger partial charge is 0.237 e. The molecule has 3 aromatic carbocycles. The quantitative estimate of drug-likeness (QED) is 0.619. The molecule has 0 aromatic heterocycles. The standard InChI is InChI=1S/C27H27FN2O/c28-26-12-6-5-11-24(26)18-30(25-15-21-8-2-3-9-22(21)16-25)27(31)19-29-14-13-20-7-1-4-10-23(20)17-29/h1-12,25H,13-19H2. The van der Waals surface area contributed by atoms with Gasteiger partial charge in [0.15, 0.2) is 0 Å². The van der Waals surface area contributed by atoms with E-state index in [1.54, 1.807) is 12.1 Å². The lowest BCUT2D eigenvalue weighted by atomic mass is 10.00. The largest absolute Gasteiger partial charge is 0.333 e. The molecule has 31 heavy (non-hydrogen) atoms. The zero-order valence-electron chi connectivity index (χ0n) is 17.6. The van der Waals surface area contributed by atoms with Crippen LogP contribution < -0.4 is 0 Å². The summed E-state index contributed by atoms with van der Waals surface area (Å²) in [6.07, 6.45) is 2.63. The molecule has 3 aromatic rings. The molecular weight excluding hydrogens is 387 g/mol. The van der Waals surface area contributed by atoms with Crippen LogP contribution in [-0.2, 0) is 37.1 Å². The fourth-order valence-electron chi connectivity index (χ4n) is 4.96. The molecule has 2 aliphatic rings. The fraction of sp³-hybridized carbons (Fsp3) is 0.296. The molecule has 0 atom stereocenters. The molecule has 0 radical (unpaired) electrons. The van der Waals surface area contributed by atoms with Gasteiger partial charge in [0.05, 0.1) is 6.54 Å². The van der Waals surface area contributed by atoms with E-state index in [0.29, 0.717) is 18.7 Å². The van der Waals surface area contributed by atoms with Crippen molar-refractivity contribution >= 4 is 5.91 Å². The Morgan fingerprint density at radius 1 is 0.871 bits per heavy atom. The zero-order valence-corrected chi connectivity index (χ0v) is 17.6. The first kappa shape index (κ1) is 20.0. The summed E-state index contributed by atoms with van der Waals surface area (Å²) in [5, 5.41) is 0. The average molecular weight is 415 g/mol. The molecule has 1 heterocycles. The van der Waals surface area contributed by atoms with Gasteiger partial charge in [-0.15, -0.1) is 0 Å². The minimum absolute atomic E-state index is 0.0709. The molecule has 0 saturated heterocycles. The van der Waals surface area contributed by atoms with E-state index in [-0.39, 0.29) is 17.8 Å². The molecular formula is C27H27FN2O. The topological polar surface area (TPSA) is 23.6 Å². The van der Waals surface area contributed by atoms with Crippen LogP contribution in [-0.4, -0.2) is 34.8 Å².